The SMILES string of the molecule is CCNC(=O)c1cc2ccc(OC(=O)COc3cccc(C)c3)cc2oc1=O. The van der Waals surface area contributed by atoms with E-state index in [-0.39, 0.29) is 23.5 Å². The van der Waals surface area contributed by atoms with E-state index in [0.717, 1.165) is 5.56 Å². The highest BCUT2D eigenvalue weighted by molar-refractivity contribution is 5.96. The second kappa shape index (κ2) is 8.39. The van der Waals surface area contributed by atoms with Crippen LogP contribution in [-0.4, -0.2) is 25.0 Å². The lowest BCUT2D eigenvalue weighted by Crippen LogP contribution is -2.27. The number of fused-ring (bicyclic) bond motifs is 1. The standard InChI is InChI=1S/C21H19NO6/c1-3-22-20(24)17-10-14-7-8-16(11-18(14)28-21(17)25)27-19(23)12-26-15-6-4-5-13(2)9-15/h4-11H,3,12H2,1-2H3,(H,22,24). The Labute approximate surface area is 160 Å². The Kier molecular flexibility index (Phi) is 5.74. The molecule has 3 rings (SSSR count). The van der Waals surface area contributed by atoms with Crippen molar-refractivity contribution in [1.29, 1.82) is 0 Å². The molecular formula is C21H19NO6. The van der Waals surface area contributed by atoms with Crippen LogP contribution in [-0.2, 0) is 4.79 Å². The van der Waals surface area contributed by atoms with Crippen LogP contribution in [0.3, 0.4) is 0 Å². The fraction of sp³-hybridized carbons (Fsp3) is 0.190. The van der Waals surface area contributed by atoms with Crippen molar-refractivity contribution in [3.05, 3.63) is 70.1 Å². The number of hydrogen-bond acceptors (Lipinski definition) is 6. The lowest BCUT2D eigenvalue weighted by molar-refractivity contribution is -0.136. The number of hydrogen-bond donors (Lipinski definition) is 1. The Bertz CT molecular complexity index is 1090. The van der Waals surface area contributed by atoms with E-state index in [1.807, 2.05) is 25.1 Å². The topological polar surface area (TPSA) is 94.8 Å². The summed E-state index contributed by atoms with van der Waals surface area (Å²) in [6.45, 7) is 3.81. The summed E-state index contributed by atoms with van der Waals surface area (Å²) in [5, 5.41) is 3.09. The molecular weight excluding hydrogens is 362 g/mol. The van der Waals surface area contributed by atoms with Gasteiger partial charge < -0.3 is 19.2 Å². The van der Waals surface area contributed by atoms with Crippen LogP contribution in [0.2, 0.25) is 0 Å². The summed E-state index contributed by atoms with van der Waals surface area (Å²) in [6.07, 6.45) is 0. The quantitative estimate of drug-likeness (QED) is 0.401. The molecule has 0 spiro atoms. The molecule has 0 aliphatic heterocycles. The Hall–Kier alpha value is -3.61. The Balaban J connectivity index is 1.71. The molecule has 28 heavy (non-hydrogen) atoms. The third kappa shape index (κ3) is 4.56. The van der Waals surface area contributed by atoms with E-state index < -0.39 is 17.5 Å². The van der Waals surface area contributed by atoms with Crippen molar-refractivity contribution in [3.63, 3.8) is 0 Å². The molecule has 0 radical (unpaired) electrons. The number of esters is 1. The zero-order valence-corrected chi connectivity index (χ0v) is 15.5. The van der Waals surface area contributed by atoms with Crippen LogP contribution in [0.1, 0.15) is 22.8 Å². The predicted molar refractivity (Wildman–Crippen MR) is 103 cm³/mol. The molecule has 1 amide bonds. The first-order chi connectivity index (χ1) is 13.5. The predicted octanol–water partition coefficient (Wildman–Crippen LogP) is 2.84. The summed E-state index contributed by atoms with van der Waals surface area (Å²) in [7, 11) is 0. The number of amides is 1. The van der Waals surface area contributed by atoms with Gasteiger partial charge in [0, 0.05) is 18.0 Å². The molecule has 0 bridgehead atoms. The molecule has 1 N–H and O–H groups in total. The van der Waals surface area contributed by atoms with Crippen molar-refractivity contribution in [3.8, 4) is 11.5 Å². The third-order valence-electron chi connectivity index (χ3n) is 3.87. The van der Waals surface area contributed by atoms with Crippen molar-refractivity contribution >= 4 is 22.8 Å². The molecule has 144 valence electrons. The third-order valence-corrected chi connectivity index (χ3v) is 3.87. The van der Waals surface area contributed by atoms with E-state index in [4.69, 9.17) is 13.9 Å². The van der Waals surface area contributed by atoms with E-state index in [2.05, 4.69) is 5.32 Å². The zero-order chi connectivity index (χ0) is 20.1. The average Bonchev–Trinajstić information content (AvgIpc) is 2.66. The monoisotopic (exact) mass is 381 g/mol. The normalized spacial score (nSPS) is 10.5. The Morgan fingerprint density at radius 2 is 1.89 bits per heavy atom. The first-order valence-electron chi connectivity index (χ1n) is 8.72. The van der Waals surface area contributed by atoms with E-state index in [1.165, 1.54) is 12.1 Å². The molecule has 2 aromatic carbocycles. The molecule has 0 saturated heterocycles. The van der Waals surface area contributed by atoms with Gasteiger partial charge in [0.05, 0.1) is 0 Å². The second-order valence-corrected chi connectivity index (χ2v) is 6.09. The van der Waals surface area contributed by atoms with Crippen LogP contribution in [0.15, 0.2) is 57.7 Å². The van der Waals surface area contributed by atoms with Gasteiger partial charge in [-0.25, -0.2) is 9.59 Å². The van der Waals surface area contributed by atoms with Crippen LogP contribution < -0.4 is 20.4 Å². The van der Waals surface area contributed by atoms with Crippen molar-refractivity contribution in [2.45, 2.75) is 13.8 Å². The maximum Gasteiger partial charge on any atom is 0.349 e. The van der Waals surface area contributed by atoms with Crippen LogP contribution >= 0.6 is 0 Å². The number of nitrogens with one attached hydrogen (secondary N) is 1. The van der Waals surface area contributed by atoms with Gasteiger partial charge in [-0.1, -0.05) is 12.1 Å². The minimum Gasteiger partial charge on any atom is -0.482 e. The van der Waals surface area contributed by atoms with Gasteiger partial charge >= 0.3 is 11.6 Å². The number of carbonyl (C=O) groups is 2. The average molecular weight is 381 g/mol. The zero-order valence-electron chi connectivity index (χ0n) is 15.5. The van der Waals surface area contributed by atoms with Gasteiger partial charge in [0.15, 0.2) is 6.61 Å². The molecule has 0 fully saturated rings. The molecule has 0 aliphatic rings. The van der Waals surface area contributed by atoms with Crippen LogP contribution in [0, 0.1) is 6.92 Å². The Morgan fingerprint density at radius 3 is 2.64 bits per heavy atom. The molecule has 1 aromatic heterocycles. The van der Waals surface area contributed by atoms with Crippen molar-refractivity contribution in [2.75, 3.05) is 13.2 Å². The number of ether oxygens (including phenoxy) is 2. The molecule has 3 aromatic rings. The number of rotatable bonds is 6. The fourth-order valence-corrected chi connectivity index (χ4v) is 2.58. The van der Waals surface area contributed by atoms with Gasteiger partial charge in [-0.3, -0.25) is 4.79 Å². The smallest absolute Gasteiger partial charge is 0.349 e. The molecule has 1 heterocycles. The largest absolute Gasteiger partial charge is 0.482 e. The van der Waals surface area contributed by atoms with Gasteiger partial charge in [0.2, 0.25) is 0 Å². The molecule has 0 saturated carbocycles. The molecule has 0 aliphatic carbocycles. The van der Waals surface area contributed by atoms with Gasteiger partial charge in [-0.2, -0.15) is 0 Å². The maximum atomic E-state index is 12.0. The van der Waals surface area contributed by atoms with E-state index in [0.29, 0.717) is 17.7 Å². The molecule has 7 nitrogen and oxygen atoms in total. The molecule has 0 atom stereocenters. The minimum absolute atomic E-state index is 0.0781. The number of carbonyl (C=O) groups excluding carboxylic acids is 2. The van der Waals surface area contributed by atoms with Gasteiger partial charge in [0.1, 0.15) is 22.6 Å². The van der Waals surface area contributed by atoms with Gasteiger partial charge in [-0.05, 0) is 49.7 Å². The van der Waals surface area contributed by atoms with Crippen molar-refractivity contribution in [1.82, 2.24) is 5.32 Å². The van der Waals surface area contributed by atoms with Crippen molar-refractivity contribution < 1.29 is 23.5 Å². The summed E-state index contributed by atoms with van der Waals surface area (Å²) in [4.78, 5) is 35.9. The first-order valence-corrected chi connectivity index (χ1v) is 8.72. The number of benzene rings is 2. The minimum atomic E-state index is -0.760. The molecule has 7 heteroatoms. The van der Waals surface area contributed by atoms with Crippen LogP contribution in [0.5, 0.6) is 11.5 Å². The summed E-state index contributed by atoms with van der Waals surface area (Å²) < 4.78 is 15.8. The van der Waals surface area contributed by atoms with E-state index in [1.54, 1.807) is 25.1 Å². The van der Waals surface area contributed by atoms with Crippen molar-refractivity contribution in [2.24, 2.45) is 0 Å². The van der Waals surface area contributed by atoms with Gasteiger partial charge in [0.25, 0.3) is 5.91 Å². The lowest BCUT2D eigenvalue weighted by atomic mass is 10.1. The summed E-state index contributed by atoms with van der Waals surface area (Å²) >= 11 is 0. The van der Waals surface area contributed by atoms with Crippen LogP contribution in [0.4, 0.5) is 0 Å². The number of aryl methyl sites for hydroxylation is 1. The van der Waals surface area contributed by atoms with Crippen LogP contribution in [0.25, 0.3) is 11.0 Å². The first kappa shape index (κ1) is 19.2. The summed E-state index contributed by atoms with van der Waals surface area (Å²) in [5.41, 5.74) is 0.390. The second-order valence-electron chi connectivity index (χ2n) is 6.09. The highest BCUT2D eigenvalue weighted by Gasteiger charge is 2.14. The van der Waals surface area contributed by atoms with E-state index >= 15 is 0 Å². The lowest BCUT2D eigenvalue weighted by Gasteiger charge is -2.08. The fourth-order valence-electron chi connectivity index (χ4n) is 2.58. The highest BCUT2D eigenvalue weighted by Crippen LogP contribution is 2.21. The van der Waals surface area contributed by atoms with E-state index in [9.17, 15) is 14.4 Å². The summed E-state index contributed by atoms with van der Waals surface area (Å²) in [5.74, 6) is -0.317. The molecule has 0 unspecified atom stereocenters. The highest BCUT2D eigenvalue weighted by atomic mass is 16.6. The summed E-state index contributed by atoms with van der Waals surface area (Å²) in [6, 6.07) is 13.3. The Morgan fingerprint density at radius 1 is 1.07 bits per heavy atom. The van der Waals surface area contributed by atoms with Gasteiger partial charge in [-0.15, -0.1) is 0 Å². The maximum absolute atomic E-state index is 12.0.